The molecule has 0 radical (unpaired) electrons. The molecule has 6 nitrogen and oxygen atoms in total. The molecule has 1 aliphatic rings. The first kappa shape index (κ1) is 10.9. The second-order valence-electron chi connectivity index (χ2n) is 3.95. The van der Waals surface area contributed by atoms with Gasteiger partial charge in [0.1, 0.15) is 0 Å². The van der Waals surface area contributed by atoms with Crippen LogP contribution < -0.4 is 15.4 Å². The molecule has 2 atom stereocenters. The molecule has 2 unspecified atom stereocenters. The summed E-state index contributed by atoms with van der Waals surface area (Å²) in [5.41, 5.74) is 0.969. The van der Waals surface area contributed by atoms with Crippen molar-refractivity contribution < 1.29 is 9.53 Å². The number of aryl methyl sites for hydroxylation is 1. The molecule has 0 spiro atoms. The minimum Gasteiger partial charge on any atom is -0.480 e. The van der Waals surface area contributed by atoms with Crippen LogP contribution in [0.4, 0.5) is 0 Å². The summed E-state index contributed by atoms with van der Waals surface area (Å²) in [6.07, 6.45) is 1.90. The van der Waals surface area contributed by atoms with Crippen LogP contribution in [0.1, 0.15) is 18.5 Å². The third-order valence-corrected chi connectivity index (χ3v) is 2.72. The number of carbonyl (C=O) groups is 1. The van der Waals surface area contributed by atoms with E-state index in [-0.39, 0.29) is 18.0 Å². The lowest BCUT2D eigenvalue weighted by molar-refractivity contribution is -0.124. The molecule has 1 fully saturated rings. The summed E-state index contributed by atoms with van der Waals surface area (Å²) in [7, 11) is 3.44. The Hall–Kier alpha value is -1.56. The summed E-state index contributed by atoms with van der Waals surface area (Å²) in [5.74, 6) is 0.627. The van der Waals surface area contributed by atoms with Crippen molar-refractivity contribution in [3.8, 4) is 5.88 Å². The van der Waals surface area contributed by atoms with Crippen LogP contribution in [-0.2, 0) is 11.8 Å². The molecule has 1 saturated heterocycles. The van der Waals surface area contributed by atoms with Gasteiger partial charge in [-0.2, -0.15) is 0 Å². The number of amides is 1. The number of nitrogens with zero attached hydrogens (tertiary/aromatic N) is 2. The Kier molecular flexibility index (Phi) is 2.82. The van der Waals surface area contributed by atoms with Crippen molar-refractivity contribution in [3.63, 3.8) is 0 Å². The number of methoxy groups -OCH3 is 1. The smallest absolute Gasteiger partial charge is 0.237 e. The normalized spacial score (nSPS) is 25.3. The number of ether oxygens (including phenoxy) is 1. The fourth-order valence-corrected chi connectivity index (χ4v) is 1.88. The van der Waals surface area contributed by atoms with Gasteiger partial charge in [-0.25, -0.2) is 0 Å². The van der Waals surface area contributed by atoms with E-state index < -0.39 is 0 Å². The zero-order valence-electron chi connectivity index (χ0n) is 9.65. The summed E-state index contributed by atoms with van der Waals surface area (Å²) in [6.45, 7) is 2.40. The van der Waals surface area contributed by atoms with Gasteiger partial charge in [-0.1, -0.05) is 0 Å². The second-order valence-corrected chi connectivity index (χ2v) is 3.95. The first-order valence-electron chi connectivity index (χ1n) is 5.23. The third-order valence-electron chi connectivity index (χ3n) is 2.72. The van der Waals surface area contributed by atoms with Crippen molar-refractivity contribution in [2.24, 2.45) is 7.05 Å². The van der Waals surface area contributed by atoms with Crippen LogP contribution in [0.15, 0.2) is 6.20 Å². The number of aromatic nitrogens is 2. The molecule has 2 heterocycles. The van der Waals surface area contributed by atoms with Crippen molar-refractivity contribution in [2.75, 3.05) is 13.7 Å². The average molecular weight is 224 g/mol. The molecule has 2 rings (SSSR count). The predicted octanol–water partition coefficient (Wildman–Crippen LogP) is -0.422. The van der Waals surface area contributed by atoms with Crippen molar-refractivity contribution >= 4 is 5.91 Å². The first-order chi connectivity index (χ1) is 7.61. The van der Waals surface area contributed by atoms with Crippen molar-refractivity contribution in [2.45, 2.75) is 19.0 Å². The largest absolute Gasteiger partial charge is 0.480 e. The van der Waals surface area contributed by atoms with Gasteiger partial charge in [0.2, 0.25) is 11.8 Å². The number of rotatable bonds is 2. The van der Waals surface area contributed by atoms with Crippen molar-refractivity contribution in [1.82, 2.24) is 20.4 Å². The molecule has 1 aromatic heterocycles. The SMILES string of the molecule is COc1nn(C)cc1C1CNC(=O)C(C)N1. The molecule has 0 aromatic carbocycles. The summed E-state index contributed by atoms with van der Waals surface area (Å²) in [6, 6.07) is -0.139. The molecule has 0 aliphatic carbocycles. The van der Waals surface area contributed by atoms with Crippen LogP contribution in [-0.4, -0.2) is 35.4 Å². The molecule has 1 amide bonds. The Labute approximate surface area is 94.0 Å². The van der Waals surface area contributed by atoms with E-state index in [0.717, 1.165) is 5.56 Å². The van der Waals surface area contributed by atoms with Crippen LogP contribution in [0.25, 0.3) is 0 Å². The van der Waals surface area contributed by atoms with Gasteiger partial charge in [-0.15, -0.1) is 5.10 Å². The standard InChI is InChI=1S/C10H16N4O2/c1-6-9(15)11-4-8(12-6)7-5-14(2)13-10(7)16-3/h5-6,8,12H,4H2,1-3H3,(H,11,15). The highest BCUT2D eigenvalue weighted by Gasteiger charge is 2.28. The Morgan fingerprint density at radius 3 is 3.00 bits per heavy atom. The van der Waals surface area contributed by atoms with E-state index in [9.17, 15) is 4.79 Å². The molecule has 16 heavy (non-hydrogen) atoms. The van der Waals surface area contributed by atoms with E-state index in [1.54, 1.807) is 11.8 Å². The lowest BCUT2D eigenvalue weighted by Crippen LogP contribution is -2.52. The lowest BCUT2D eigenvalue weighted by atomic mass is 10.1. The van der Waals surface area contributed by atoms with Crippen LogP contribution in [0.2, 0.25) is 0 Å². The van der Waals surface area contributed by atoms with Crippen LogP contribution in [0.5, 0.6) is 5.88 Å². The van der Waals surface area contributed by atoms with Gasteiger partial charge in [0, 0.05) is 19.8 Å². The fraction of sp³-hybridized carbons (Fsp3) is 0.600. The number of hydrogen-bond donors (Lipinski definition) is 2. The third kappa shape index (κ3) is 1.88. The monoisotopic (exact) mass is 224 g/mol. The van der Waals surface area contributed by atoms with Gasteiger partial charge in [0.25, 0.3) is 0 Å². The van der Waals surface area contributed by atoms with Crippen LogP contribution in [0.3, 0.4) is 0 Å². The van der Waals surface area contributed by atoms with Gasteiger partial charge in [-0.05, 0) is 6.92 Å². The maximum Gasteiger partial charge on any atom is 0.237 e. The van der Waals surface area contributed by atoms with E-state index in [1.807, 2.05) is 20.2 Å². The Morgan fingerprint density at radius 2 is 2.38 bits per heavy atom. The van der Waals surface area contributed by atoms with E-state index >= 15 is 0 Å². The van der Waals surface area contributed by atoms with Gasteiger partial charge in [0.05, 0.1) is 24.8 Å². The summed E-state index contributed by atoms with van der Waals surface area (Å²) < 4.78 is 6.90. The first-order valence-corrected chi connectivity index (χ1v) is 5.23. The molecule has 1 aromatic rings. The topological polar surface area (TPSA) is 68.2 Å². The average Bonchev–Trinajstić information content (AvgIpc) is 2.63. The van der Waals surface area contributed by atoms with E-state index in [2.05, 4.69) is 15.7 Å². The molecule has 2 N–H and O–H groups in total. The molecule has 1 aliphatic heterocycles. The highest BCUT2D eigenvalue weighted by molar-refractivity contribution is 5.82. The van der Waals surface area contributed by atoms with Crippen LogP contribution in [0, 0.1) is 0 Å². The lowest BCUT2D eigenvalue weighted by Gasteiger charge is -2.28. The number of carbonyl (C=O) groups excluding carboxylic acids is 1. The summed E-state index contributed by atoms with van der Waals surface area (Å²) >= 11 is 0. The van der Waals surface area contributed by atoms with Crippen LogP contribution >= 0.6 is 0 Å². The van der Waals surface area contributed by atoms with Gasteiger partial charge < -0.3 is 10.1 Å². The molecule has 0 saturated carbocycles. The van der Waals surface area contributed by atoms with E-state index in [1.165, 1.54) is 0 Å². The zero-order chi connectivity index (χ0) is 11.7. The Morgan fingerprint density at radius 1 is 1.62 bits per heavy atom. The number of piperazine rings is 1. The second kappa shape index (κ2) is 4.13. The maximum atomic E-state index is 11.3. The maximum absolute atomic E-state index is 11.3. The summed E-state index contributed by atoms with van der Waals surface area (Å²) in [4.78, 5) is 11.3. The molecule has 88 valence electrons. The quantitative estimate of drug-likeness (QED) is 0.716. The molecule has 6 heteroatoms. The van der Waals surface area contributed by atoms with Crippen molar-refractivity contribution in [1.29, 1.82) is 0 Å². The zero-order valence-corrected chi connectivity index (χ0v) is 9.65. The highest BCUT2D eigenvalue weighted by atomic mass is 16.5. The molecular formula is C10H16N4O2. The number of nitrogens with one attached hydrogen (secondary N) is 2. The minimum absolute atomic E-state index is 0.0270. The highest BCUT2D eigenvalue weighted by Crippen LogP contribution is 2.24. The minimum atomic E-state index is -0.191. The van der Waals surface area contributed by atoms with Crippen molar-refractivity contribution in [3.05, 3.63) is 11.8 Å². The Balaban J connectivity index is 2.20. The van der Waals surface area contributed by atoms with Gasteiger partial charge >= 0.3 is 0 Å². The predicted molar refractivity (Wildman–Crippen MR) is 58.1 cm³/mol. The molecular weight excluding hydrogens is 208 g/mol. The van der Waals surface area contributed by atoms with E-state index in [4.69, 9.17) is 4.74 Å². The number of hydrogen-bond acceptors (Lipinski definition) is 4. The summed E-state index contributed by atoms with van der Waals surface area (Å²) in [5, 5.41) is 10.3. The van der Waals surface area contributed by atoms with Gasteiger partial charge in [-0.3, -0.25) is 14.8 Å². The Bertz CT molecular complexity index is 402. The van der Waals surface area contributed by atoms with E-state index in [0.29, 0.717) is 12.4 Å². The van der Waals surface area contributed by atoms with Gasteiger partial charge in [0.15, 0.2) is 0 Å². The fourth-order valence-electron chi connectivity index (χ4n) is 1.88. The molecule has 0 bridgehead atoms.